The topological polar surface area (TPSA) is 67.8 Å². The highest BCUT2D eigenvalue weighted by atomic mass is 16.3. The van der Waals surface area contributed by atoms with Gasteiger partial charge in [0.2, 0.25) is 0 Å². The van der Waals surface area contributed by atoms with Gasteiger partial charge in [-0.15, -0.1) is 0 Å². The summed E-state index contributed by atoms with van der Waals surface area (Å²) in [5, 5.41) is 16.8. The largest absolute Gasteiger partial charge is 0.390 e. The second-order valence-corrected chi connectivity index (χ2v) is 7.96. The van der Waals surface area contributed by atoms with Crippen LogP contribution in [0.15, 0.2) is 54.6 Å². The summed E-state index contributed by atoms with van der Waals surface area (Å²) in [6.07, 6.45) is 0.439. The quantitative estimate of drug-likeness (QED) is 0.723. The first-order valence-electron chi connectivity index (χ1n) is 10.5. The van der Waals surface area contributed by atoms with Gasteiger partial charge in [-0.1, -0.05) is 54.6 Å². The molecule has 0 radical (unpaired) electrons. The van der Waals surface area contributed by atoms with Crippen molar-refractivity contribution in [2.75, 3.05) is 39.3 Å². The highest BCUT2D eigenvalue weighted by Crippen LogP contribution is 2.19. The Hall–Kier alpha value is -2.41. The molecular formula is C23H30N4O2. The maximum absolute atomic E-state index is 12.6. The summed E-state index contributed by atoms with van der Waals surface area (Å²) in [4.78, 5) is 16.7. The number of rotatable bonds is 5. The fourth-order valence-corrected chi connectivity index (χ4v) is 4.23. The van der Waals surface area contributed by atoms with Gasteiger partial charge in [-0.3, -0.25) is 4.90 Å². The van der Waals surface area contributed by atoms with Crippen LogP contribution in [0.25, 0.3) is 0 Å². The zero-order chi connectivity index (χ0) is 20.1. The second kappa shape index (κ2) is 9.39. The van der Waals surface area contributed by atoms with E-state index in [4.69, 9.17) is 0 Å². The Morgan fingerprint density at radius 3 is 2.69 bits per heavy atom. The molecule has 2 aliphatic heterocycles. The molecule has 2 atom stereocenters. The van der Waals surface area contributed by atoms with Crippen LogP contribution in [0.3, 0.4) is 0 Å². The maximum Gasteiger partial charge on any atom is 0.317 e. The van der Waals surface area contributed by atoms with Gasteiger partial charge in [0.25, 0.3) is 0 Å². The SMILES string of the molecule is O=C(NCC(O)CN1CCc2ccccc2C1)N1CCNC(c2ccccc2)C1. The van der Waals surface area contributed by atoms with Crippen molar-refractivity contribution in [3.63, 3.8) is 0 Å². The number of aliphatic hydroxyl groups is 1. The van der Waals surface area contributed by atoms with Crippen LogP contribution in [-0.4, -0.2) is 66.3 Å². The van der Waals surface area contributed by atoms with Crippen LogP contribution in [0.4, 0.5) is 4.79 Å². The predicted molar refractivity (Wildman–Crippen MR) is 114 cm³/mol. The molecular weight excluding hydrogens is 364 g/mol. The molecule has 2 unspecified atom stereocenters. The van der Waals surface area contributed by atoms with E-state index in [0.717, 1.165) is 26.1 Å². The summed E-state index contributed by atoms with van der Waals surface area (Å²) in [6.45, 7) is 4.72. The van der Waals surface area contributed by atoms with E-state index in [-0.39, 0.29) is 18.6 Å². The zero-order valence-electron chi connectivity index (χ0n) is 16.8. The lowest BCUT2D eigenvalue weighted by Gasteiger charge is -2.34. The third-order valence-electron chi connectivity index (χ3n) is 5.83. The van der Waals surface area contributed by atoms with Gasteiger partial charge in [0.1, 0.15) is 0 Å². The van der Waals surface area contributed by atoms with Gasteiger partial charge in [0.15, 0.2) is 0 Å². The molecule has 2 heterocycles. The Morgan fingerprint density at radius 2 is 1.86 bits per heavy atom. The summed E-state index contributed by atoms with van der Waals surface area (Å²) in [6, 6.07) is 18.7. The molecule has 154 valence electrons. The molecule has 0 saturated carbocycles. The van der Waals surface area contributed by atoms with Crippen LogP contribution < -0.4 is 10.6 Å². The fourth-order valence-electron chi connectivity index (χ4n) is 4.23. The molecule has 4 rings (SSSR count). The second-order valence-electron chi connectivity index (χ2n) is 7.96. The van der Waals surface area contributed by atoms with Gasteiger partial charge in [-0.2, -0.15) is 0 Å². The number of nitrogens with zero attached hydrogens (tertiary/aromatic N) is 2. The number of fused-ring (bicyclic) bond motifs is 1. The molecule has 1 fully saturated rings. The van der Waals surface area contributed by atoms with Gasteiger partial charge < -0.3 is 20.6 Å². The number of hydrogen-bond acceptors (Lipinski definition) is 4. The normalized spacial score (nSPS) is 20.7. The van der Waals surface area contributed by atoms with E-state index in [0.29, 0.717) is 19.6 Å². The van der Waals surface area contributed by atoms with Crippen LogP contribution in [-0.2, 0) is 13.0 Å². The van der Waals surface area contributed by atoms with E-state index in [1.165, 1.54) is 16.7 Å². The molecule has 0 aliphatic carbocycles. The molecule has 1 saturated heterocycles. The Kier molecular flexibility index (Phi) is 6.44. The molecule has 2 aromatic rings. The molecule has 2 aliphatic rings. The van der Waals surface area contributed by atoms with E-state index in [1.807, 2.05) is 23.1 Å². The average Bonchev–Trinajstić information content (AvgIpc) is 2.78. The minimum Gasteiger partial charge on any atom is -0.390 e. The Morgan fingerprint density at radius 1 is 1.10 bits per heavy atom. The number of urea groups is 1. The van der Waals surface area contributed by atoms with Crippen molar-refractivity contribution in [3.8, 4) is 0 Å². The molecule has 6 heteroatoms. The third kappa shape index (κ3) is 5.15. The lowest BCUT2D eigenvalue weighted by Crippen LogP contribution is -2.53. The lowest BCUT2D eigenvalue weighted by molar-refractivity contribution is 0.102. The van der Waals surface area contributed by atoms with Crippen molar-refractivity contribution in [1.82, 2.24) is 20.4 Å². The number of piperazine rings is 1. The van der Waals surface area contributed by atoms with Crippen LogP contribution in [0.5, 0.6) is 0 Å². The first kappa shape index (κ1) is 19.9. The minimum atomic E-state index is -0.572. The maximum atomic E-state index is 12.6. The van der Waals surface area contributed by atoms with Crippen molar-refractivity contribution >= 4 is 6.03 Å². The number of β-amino-alcohol motifs (C(OH)–C–C–N with tert-alkyl or cyclic N) is 1. The number of aliphatic hydroxyl groups excluding tert-OH is 1. The minimum absolute atomic E-state index is 0.101. The lowest BCUT2D eigenvalue weighted by atomic mass is 10.00. The van der Waals surface area contributed by atoms with E-state index in [1.54, 1.807) is 0 Å². The Bertz CT molecular complexity index is 814. The van der Waals surface area contributed by atoms with Crippen molar-refractivity contribution in [1.29, 1.82) is 0 Å². The highest BCUT2D eigenvalue weighted by molar-refractivity contribution is 5.74. The monoisotopic (exact) mass is 394 g/mol. The van der Waals surface area contributed by atoms with Gasteiger partial charge >= 0.3 is 6.03 Å². The Labute approximate surface area is 172 Å². The van der Waals surface area contributed by atoms with Crippen LogP contribution >= 0.6 is 0 Å². The summed E-state index contributed by atoms with van der Waals surface area (Å²) < 4.78 is 0. The molecule has 3 N–H and O–H groups in total. The van der Waals surface area contributed by atoms with E-state index >= 15 is 0 Å². The standard InChI is InChI=1S/C23H30N4O2/c28-21(16-26-12-10-18-6-4-5-9-20(18)15-26)14-25-23(29)27-13-11-24-22(17-27)19-7-2-1-3-8-19/h1-9,21-22,24,28H,10-17H2,(H,25,29). The number of amides is 2. The third-order valence-corrected chi connectivity index (χ3v) is 5.83. The fraction of sp³-hybridized carbons (Fsp3) is 0.435. The van der Waals surface area contributed by atoms with Crippen LogP contribution in [0.2, 0.25) is 0 Å². The van der Waals surface area contributed by atoms with Crippen molar-refractivity contribution in [2.24, 2.45) is 0 Å². The van der Waals surface area contributed by atoms with Crippen molar-refractivity contribution in [2.45, 2.75) is 25.1 Å². The van der Waals surface area contributed by atoms with Crippen LogP contribution in [0, 0.1) is 0 Å². The number of carbonyl (C=O) groups is 1. The van der Waals surface area contributed by atoms with Gasteiger partial charge in [0, 0.05) is 45.8 Å². The number of hydrogen-bond donors (Lipinski definition) is 3. The van der Waals surface area contributed by atoms with Crippen molar-refractivity contribution in [3.05, 3.63) is 71.3 Å². The predicted octanol–water partition coefficient (Wildman–Crippen LogP) is 1.76. The molecule has 29 heavy (non-hydrogen) atoms. The molecule has 0 spiro atoms. The van der Waals surface area contributed by atoms with Gasteiger partial charge in [0.05, 0.1) is 12.1 Å². The molecule has 2 aromatic carbocycles. The summed E-state index contributed by atoms with van der Waals surface area (Å²) in [5.74, 6) is 0. The van der Waals surface area contributed by atoms with Gasteiger partial charge in [-0.25, -0.2) is 4.79 Å². The molecule has 0 bridgehead atoms. The number of benzene rings is 2. The Balaban J connectivity index is 1.23. The molecule has 0 aromatic heterocycles. The van der Waals surface area contributed by atoms with E-state index < -0.39 is 6.10 Å². The summed E-state index contributed by atoms with van der Waals surface area (Å²) in [7, 11) is 0. The summed E-state index contributed by atoms with van der Waals surface area (Å²) >= 11 is 0. The molecule has 2 amide bonds. The molecule has 6 nitrogen and oxygen atoms in total. The van der Waals surface area contributed by atoms with Crippen LogP contribution in [0.1, 0.15) is 22.7 Å². The summed E-state index contributed by atoms with van der Waals surface area (Å²) in [5.41, 5.74) is 3.93. The van der Waals surface area contributed by atoms with Crippen molar-refractivity contribution < 1.29 is 9.90 Å². The highest BCUT2D eigenvalue weighted by Gasteiger charge is 2.25. The first-order valence-corrected chi connectivity index (χ1v) is 10.5. The number of carbonyl (C=O) groups excluding carboxylic acids is 1. The van der Waals surface area contributed by atoms with E-state index in [9.17, 15) is 9.90 Å². The zero-order valence-corrected chi connectivity index (χ0v) is 16.8. The van der Waals surface area contributed by atoms with E-state index in [2.05, 4.69) is 51.9 Å². The number of nitrogens with one attached hydrogen (secondary N) is 2. The first-order chi connectivity index (χ1) is 14.2. The van der Waals surface area contributed by atoms with Gasteiger partial charge in [-0.05, 0) is 23.1 Å². The smallest absolute Gasteiger partial charge is 0.317 e. The average molecular weight is 395 g/mol.